The van der Waals surface area contributed by atoms with Crippen LogP contribution in [-0.2, 0) is 4.79 Å². The first kappa shape index (κ1) is 17.1. The molecular weight excluding hydrogens is 325 g/mol. The van der Waals surface area contributed by atoms with Gasteiger partial charge in [-0.1, -0.05) is 23.2 Å². The van der Waals surface area contributed by atoms with E-state index in [0.717, 1.165) is 11.1 Å². The van der Waals surface area contributed by atoms with E-state index in [1.54, 1.807) is 19.9 Å². The van der Waals surface area contributed by atoms with Gasteiger partial charge in [-0.25, -0.2) is 0 Å². The first-order chi connectivity index (χ1) is 10.3. The molecule has 0 aliphatic carbocycles. The fourth-order valence-electron chi connectivity index (χ4n) is 2.13. The summed E-state index contributed by atoms with van der Waals surface area (Å²) in [5, 5.41) is 13.4. The fourth-order valence-corrected chi connectivity index (χ4v) is 2.69. The van der Waals surface area contributed by atoms with Crippen molar-refractivity contribution in [2.75, 3.05) is 19.7 Å². The van der Waals surface area contributed by atoms with Gasteiger partial charge in [0.2, 0.25) is 0 Å². The number of hydrogen-bond acceptors (Lipinski definition) is 3. The minimum Gasteiger partial charge on any atom is -0.487 e. The van der Waals surface area contributed by atoms with Crippen molar-refractivity contribution < 1.29 is 14.6 Å². The zero-order valence-electron chi connectivity index (χ0n) is 12.6. The van der Waals surface area contributed by atoms with Crippen LogP contribution < -0.4 is 10.1 Å². The van der Waals surface area contributed by atoms with Crippen molar-refractivity contribution in [2.24, 2.45) is 5.41 Å². The van der Waals surface area contributed by atoms with Crippen LogP contribution >= 0.6 is 23.2 Å². The number of ether oxygens (including phenoxy) is 1. The molecule has 0 aromatic heterocycles. The van der Waals surface area contributed by atoms with Gasteiger partial charge in [-0.05, 0) is 50.6 Å². The molecule has 0 saturated heterocycles. The monoisotopic (exact) mass is 343 g/mol. The molecule has 0 amide bonds. The van der Waals surface area contributed by atoms with Crippen molar-refractivity contribution in [1.29, 1.82) is 0 Å². The largest absolute Gasteiger partial charge is 0.487 e. The van der Waals surface area contributed by atoms with E-state index >= 15 is 0 Å². The molecule has 0 spiro atoms. The predicted octanol–water partition coefficient (Wildman–Crippen LogP) is 3.86. The molecular formula is C16H19Cl2NO3. The predicted molar refractivity (Wildman–Crippen MR) is 88.8 cm³/mol. The second kappa shape index (κ2) is 6.90. The molecule has 2 N–H and O–H groups in total. The maximum absolute atomic E-state index is 11.0. The van der Waals surface area contributed by atoms with E-state index in [4.69, 9.17) is 33.0 Å². The minimum absolute atomic E-state index is 0.462. The molecule has 6 heteroatoms. The van der Waals surface area contributed by atoms with Gasteiger partial charge in [0.15, 0.2) is 0 Å². The van der Waals surface area contributed by atoms with Crippen LogP contribution in [0.1, 0.15) is 25.8 Å². The highest BCUT2D eigenvalue weighted by molar-refractivity contribution is 6.36. The maximum atomic E-state index is 11.0. The second-order valence-electron chi connectivity index (χ2n) is 6.01. The van der Waals surface area contributed by atoms with E-state index in [-0.39, 0.29) is 0 Å². The molecule has 1 aromatic carbocycles. The van der Waals surface area contributed by atoms with Crippen molar-refractivity contribution >= 4 is 35.2 Å². The van der Waals surface area contributed by atoms with Gasteiger partial charge in [0.1, 0.15) is 12.4 Å². The Hall–Kier alpha value is -1.23. The average Bonchev–Trinajstić information content (AvgIpc) is 2.42. The summed E-state index contributed by atoms with van der Waals surface area (Å²) in [5.74, 6) is -0.130. The van der Waals surface area contributed by atoms with E-state index in [1.165, 1.54) is 0 Å². The van der Waals surface area contributed by atoms with Crippen LogP contribution in [0.5, 0.6) is 5.75 Å². The second-order valence-corrected chi connectivity index (χ2v) is 6.86. The summed E-state index contributed by atoms with van der Waals surface area (Å²) < 4.78 is 5.67. The molecule has 0 radical (unpaired) electrons. The molecule has 0 fully saturated rings. The highest BCUT2D eigenvalue weighted by atomic mass is 35.5. The minimum atomic E-state index is -0.785. The Morgan fingerprint density at radius 2 is 2.14 bits per heavy atom. The zero-order chi connectivity index (χ0) is 16.3. The summed E-state index contributed by atoms with van der Waals surface area (Å²) in [6, 6.07) is 3.47. The number of benzene rings is 1. The number of fused-ring (bicyclic) bond motifs is 1. The molecule has 1 aliphatic rings. The summed E-state index contributed by atoms with van der Waals surface area (Å²) in [4.78, 5) is 11.0. The number of carbonyl (C=O) groups is 1. The van der Waals surface area contributed by atoms with Gasteiger partial charge in [-0.2, -0.15) is 0 Å². The summed E-state index contributed by atoms with van der Waals surface area (Å²) in [5.41, 5.74) is 1.21. The van der Waals surface area contributed by atoms with E-state index in [2.05, 4.69) is 5.32 Å². The van der Waals surface area contributed by atoms with Crippen LogP contribution in [0.2, 0.25) is 10.0 Å². The fraction of sp³-hybridized carbons (Fsp3) is 0.438. The highest BCUT2D eigenvalue weighted by Gasteiger charge is 2.26. The lowest BCUT2D eigenvalue weighted by Gasteiger charge is -2.21. The first-order valence-electron chi connectivity index (χ1n) is 7.05. The van der Waals surface area contributed by atoms with Gasteiger partial charge in [0.05, 0.1) is 10.4 Å². The van der Waals surface area contributed by atoms with Crippen molar-refractivity contribution in [3.63, 3.8) is 0 Å². The van der Waals surface area contributed by atoms with Crippen LogP contribution in [0.15, 0.2) is 17.7 Å². The normalized spacial score (nSPS) is 14.1. The Kier molecular flexibility index (Phi) is 5.37. The van der Waals surface area contributed by atoms with E-state index in [1.807, 2.05) is 12.1 Å². The third-order valence-electron chi connectivity index (χ3n) is 3.66. The SMILES string of the molecule is CC(C)(CCNCC1=Cc2cc(Cl)cc(Cl)c2OC1)C(=O)O. The molecule has 120 valence electrons. The summed E-state index contributed by atoms with van der Waals surface area (Å²) in [6.45, 7) is 5.17. The smallest absolute Gasteiger partial charge is 0.309 e. The molecule has 1 aromatic rings. The van der Waals surface area contributed by atoms with Crippen LogP contribution in [0.3, 0.4) is 0 Å². The van der Waals surface area contributed by atoms with Crippen LogP contribution in [0.4, 0.5) is 0 Å². The number of hydrogen-bond donors (Lipinski definition) is 2. The number of nitrogens with one attached hydrogen (secondary N) is 1. The molecule has 0 atom stereocenters. The molecule has 22 heavy (non-hydrogen) atoms. The highest BCUT2D eigenvalue weighted by Crippen LogP contribution is 2.36. The molecule has 0 unspecified atom stereocenters. The Morgan fingerprint density at radius 1 is 1.41 bits per heavy atom. The van der Waals surface area contributed by atoms with Crippen molar-refractivity contribution in [3.05, 3.63) is 33.3 Å². The zero-order valence-corrected chi connectivity index (χ0v) is 14.1. The van der Waals surface area contributed by atoms with Crippen LogP contribution in [-0.4, -0.2) is 30.8 Å². The van der Waals surface area contributed by atoms with Crippen molar-refractivity contribution in [2.45, 2.75) is 20.3 Å². The standard InChI is InChI=1S/C16H19Cl2NO3/c1-16(2,15(20)21)3-4-19-8-10-5-11-6-12(17)7-13(18)14(11)22-9-10/h5-7,19H,3-4,8-9H2,1-2H3,(H,20,21). The van der Waals surface area contributed by atoms with E-state index in [9.17, 15) is 4.79 Å². The number of halogens is 2. The van der Waals surface area contributed by atoms with Crippen LogP contribution in [0.25, 0.3) is 6.08 Å². The first-order valence-corrected chi connectivity index (χ1v) is 7.80. The van der Waals surface area contributed by atoms with Crippen LogP contribution in [0, 0.1) is 5.41 Å². The van der Waals surface area contributed by atoms with Gasteiger partial charge < -0.3 is 15.2 Å². The molecule has 0 bridgehead atoms. The third kappa shape index (κ3) is 4.15. The topological polar surface area (TPSA) is 58.6 Å². The van der Waals surface area contributed by atoms with E-state index < -0.39 is 11.4 Å². The Bertz CT molecular complexity index is 612. The summed E-state index contributed by atoms with van der Waals surface area (Å²) in [6.07, 6.45) is 2.57. The number of aliphatic carboxylic acids is 1. The van der Waals surface area contributed by atoms with Gasteiger partial charge in [-0.3, -0.25) is 4.79 Å². The van der Waals surface area contributed by atoms with Gasteiger partial charge in [0.25, 0.3) is 0 Å². The quantitative estimate of drug-likeness (QED) is 0.770. The lowest BCUT2D eigenvalue weighted by atomic mass is 9.90. The maximum Gasteiger partial charge on any atom is 0.309 e. The summed E-state index contributed by atoms with van der Waals surface area (Å²) in [7, 11) is 0. The summed E-state index contributed by atoms with van der Waals surface area (Å²) >= 11 is 12.1. The van der Waals surface area contributed by atoms with E-state index in [0.29, 0.717) is 41.9 Å². The molecule has 0 saturated carbocycles. The van der Waals surface area contributed by atoms with Gasteiger partial charge in [-0.15, -0.1) is 0 Å². The van der Waals surface area contributed by atoms with Crippen molar-refractivity contribution in [1.82, 2.24) is 5.32 Å². The number of carboxylic acids is 1. The van der Waals surface area contributed by atoms with Crippen molar-refractivity contribution in [3.8, 4) is 5.75 Å². The lowest BCUT2D eigenvalue weighted by Crippen LogP contribution is -2.30. The molecule has 1 heterocycles. The average molecular weight is 344 g/mol. The Balaban J connectivity index is 1.92. The molecule has 4 nitrogen and oxygen atoms in total. The van der Waals surface area contributed by atoms with Gasteiger partial charge in [0, 0.05) is 17.1 Å². The number of rotatable bonds is 6. The third-order valence-corrected chi connectivity index (χ3v) is 4.16. The molecule has 1 aliphatic heterocycles. The molecule has 2 rings (SSSR count). The lowest BCUT2D eigenvalue weighted by molar-refractivity contribution is -0.147. The Morgan fingerprint density at radius 3 is 2.82 bits per heavy atom. The number of carboxylic acid groups (broad SMARTS) is 1. The van der Waals surface area contributed by atoms with Gasteiger partial charge >= 0.3 is 5.97 Å². The Labute approximate surface area is 140 Å².